The number of nitriles is 1. The molecular weight excluding hydrogens is 253 g/mol. The summed E-state index contributed by atoms with van der Waals surface area (Å²) >= 11 is 0. The molecule has 0 aromatic heterocycles. The zero-order valence-electron chi connectivity index (χ0n) is 10.9. The monoisotopic (exact) mass is 267 g/mol. The number of halogens is 1. The van der Waals surface area contributed by atoms with Crippen LogP contribution in [0.25, 0.3) is 0 Å². The first-order valence-electron chi connectivity index (χ1n) is 6.50. The molecule has 2 aromatic rings. The Morgan fingerprint density at radius 3 is 2.90 bits per heavy atom. The van der Waals surface area contributed by atoms with E-state index < -0.39 is 0 Å². The summed E-state index contributed by atoms with van der Waals surface area (Å²) in [5, 5.41) is 9.15. The molecule has 0 saturated carbocycles. The summed E-state index contributed by atoms with van der Waals surface area (Å²) in [6, 6.07) is 12.3. The molecule has 100 valence electrons. The van der Waals surface area contributed by atoms with Crippen LogP contribution in [0, 0.1) is 17.1 Å². The van der Waals surface area contributed by atoms with Gasteiger partial charge in [-0.2, -0.15) is 5.26 Å². The van der Waals surface area contributed by atoms with Crippen LogP contribution in [-0.2, 0) is 13.0 Å². The van der Waals surface area contributed by atoms with Crippen LogP contribution in [0.4, 0.5) is 15.8 Å². The summed E-state index contributed by atoms with van der Waals surface area (Å²) in [6.45, 7) is 1.47. The van der Waals surface area contributed by atoms with Crippen molar-refractivity contribution < 1.29 is 4.39 Å². The molecule has 4 heteroatoms. The quantitative estimate of drug-likeness (QED) is 0.808. The van der Waals surface area contributed by atoms with Crippen molar-refractivity contribution >= 4 is 11.4 Å². The Morgan fingerprint density at radius 1 is 1.25 bits per heavy atom. The van der Waals surface area contributed by atoms with Crippen molar-refractivity contribution in [2.75, 3.05) is 17.2 Å². The molecule has 0 saturated heterocycles. The molecule has 1 heterocycles. The second-order valence-electron chi connectivity index (χ2n) is 4.93. The highest BCUT2D eigenvalue weighted by Gasteiger charge is 2.20. The van der Waals surface area contributed by atoms with E-state index in [9.17, 15) is 4.39 Å². The SMILES string of the molecule is N#Cc1cc(F)ccc1N1CCc2c(N)cccc2C1. The number of benzene rings is 2. The lowest BCUT2D eigenvalue weighted by Gasteiger charge is -2.32. The number of anilines is 2. The van der Waals surface area contributed by atoms with Gasteiger partial charge in [0.1, 0.15) is 11.9 Å². The van der Waals surface area contributed by atoms with Gasteiger partial charge < -0.3 is 10.6 Å². The van der Waals surface area contributed by atoms with Crippen molar-refractivity contribution in [1.29, 1.82) is 5.26 Å². The molecule has 2 N–H and O–H groups in total. The van der Waals surface area contributed by atoms with Gasteiger partial charge in [0.15, 0.2) is 0 Å². The van der Waals surface area contributed by atoms with Crippen LogP contribution in [0.3, 0.4) is 0 Å². The van der Waals surface area contributed by atoms with Gasteiger partial charge in [0, 0.05) is 18.8 Å². The van der Waals surface area contributed by atoms with E-state index >= 15 is 0 Å². The Hall–Kier alpha value is -2.54. The molecule has 3 rings (SSSR count). The second-order valence-corrected chi connectivity index (χ2v) is 4.93. The standard InChI is InChI=1S/C16H14FN3/c17-13-4-5-16(12(8-13)9-18)20-7-6-14-11(10-20)2-1-3-15(14)19/h1-5,8H,6-7,10,19H2. The Balaban J connectivity index is 1.97. The third-order valence-electron chi connectivity index (χ3n) is 3.72. The molecule has 0 spiro atoms. The van der Waals surface area contributed by atoms with Crippen LogP contribution < -0.4 is 10.6 Å². The highest BCUT2D eigenvalue weighted by molar-refractivity contribution is 5.62. The van der Waals surface area contributed by atoms with Crippen molar-refractivity contribution in [1.82, 2.24) is 0 Å². The number of hydrogen-bond donors (Lipinski definition) is 1. The molecule has 3 nitrogen and oxygen atoms in total. The van der Waals surface area contributed by atoms with E-state index in [1.807, 2.05) is 18.2 Å². The summed E-state index contributed by atoms with van der Waals surface area (Å²) in [7, 11) is 0. The van der Waals surface area contributed by atoms with Crippen LogP contribution in [0.2, 0.25) is 0 Å². The van der Waals surface area contributed by atoms with Crippen molar-refractivity contribution in [2.45, 2.75) is 13.0 Å². The van der Waals surface area contributed by atoms with Crippen LogP contribution in [-0.4, -0.2) is 6.54 Å². The summed E-state index contributed by atoms with van der Waals surface area (Å²) in [5.74, 6) is -0.382. The summed E-state index contributed by atoms with van der Waals surface area (Å²) in [5.41, 5.74) is 10.3. The Morgan fingerprint density at radius 2 is 2.10 bits per heavy atom. The number of rotatable bonds is 1. The van der Waals surface area contributed by atoms with Crippen molar-refractivity contribution in [2.24, 2.45) is 0 Å². The van der Waals surface area contributed by atoms with Gasteiger partial charge >= 0.3 is 0 Å². The van der Waals surface area contributed by atoms with E-state index in [-0.39, 0.29) is 5.82 Å². The van der Waals surface area contributed by atoms with Crippen LogP contribution >= 0.6 is 0 Å². The van der Waals surface area contributed by atoms with E-state index in [2.05, 4.69) is 11.0 Å². The minimum absolute atomic E-state index is 0.373. The van der Waals surface area contributed by atoms with Crippen molar-refractivity contribution in [3.8, 4) is 6.07 Å². The zero-order chi connectivity index (χ0) is 14.1. The van der Waals surface area contributed by atoms with Gasteiger partial charge in [-0.3, -0.25) is 0 Å². The third-order valence-corrected chi connectivity index (χ3v) is 3.72. The molecule has 1 aliphatic heterocycles. The summed E-state index contributed by atoms with van der Waals surface area (Å²) < 4.78 is 13.2. The zero-order valence-corrected chi connectivity index (χ0v) is 10.9. The molecular formula is C16H14FN3. The Labute approximate surface area is 117 Å². The summed E-state index contributed by atoms with van der Waals surface area (Å²) in [6.07, 6.45) is 0.838. The normalized spacial score (nSPS) is 13.7. The fourth-order valence-electron chi connectivity index (χ4n) is 2.72. The van der Waals surface area contributed by atoms with Crippen LogP contribution in [0.15, 0.2) is 36.4 Å². The van der Waals surface area contributed by atoms with Gasteiger partial charge in [-0.1, -0.05) is 12.1 Å². The average molecular weight is 267 g/mol. The Bertz CT molecular complexity index is 703. The lowest BCUT2D eigenvalue weighted by atomic mass is 9.97. The molecule has 2 aromatic carbocycles. The minimum Gasteiger partial charge on any atom is -0.398 e. The maximum Gasteiger partial charge on any atom is 0.124 e. The van der Waals surface area contributed by atoms with Gasteiger partial charge in [-0.25, -0.2) is 4.39 Å². The molecule has 0 atom stereocenters. The van der Waals surface area contributed by atoms with E-state index in [1.165, 1.54) is 23.3 Å². The van der Waals surface area contributed by atoms with E-state index in [0.29, 0.717) is 12.1 Å². The molecule has 0 radical (unpaired) electrons. The van der Waals surface area contributed by atoms with Gasteiger partial charge in [-0.15, -0.1) is 0 Å². The number of hydrogen-bond acceptors (Lipinski definition) is 3. The Kier molecular flexibility index (Phi) is 3.03. The third kappa shape index (κ3) is 2.08. The molecule has 0 bridgehead atoms. The van der Waals surface area contributed by atoms with Gasteiger partial charge in [0.2, 0.25) is 0 Å². The van der Waals surface area contributed by atoms with Gasteiger partial charge in [0.05, 0.1) is 11.3 Å². The highest BCUT2D eigenvalue weighted by Crippen LogP contribution is 2.29. The lowest BCUT2D eigenvalue weighted by molar-refractivity contribution is 0.626. The lowest BCUT2D eigenvalue weighted by Crippen LogP contribution is -2.31. The molecule has 20 heavy (non-hydrogen) atoms. The van der Waals surface area contributed by atoms with E-state index in [0.717, 1.165) is 24.3 Å². The molecule has 1 aliphatic rings. The first kappa shape index (κ1) is 12.5. The number of fused-ring (bicyclic) bond motifs is 1. The molecule has 0 unspecified atom stereocenters. The first-order valence-corrected chi connectivity index (χ1v) is 6.50. The average Bonchev–Trinajstić information content (AvgIpc) is 2.47. The molecule has 0 fully saturated rings. The van der Waals surface area contributed by atoms with Crippen molar-refractivity contribution in [3.05, 3.63) is 58.9 Å². The highest BCUT2D eigenvalue weighted by atomic mass is 19.1. The molecule has 0 aliphatic carbocycles. The number of nitrogen functional groups attached to an aromatic ring is 1. The predicted molar refractivity (Wildman–Crippen MR) is 76.7 cm³/mol. The topological polar surface area (TPSA) is 53.0 Å². The number of nitrogens with zero attached hydrogens (tertiary/aromatic N) is 2. The fraction of sp³-hybridized carbons (Fsp3) is 0.188. The fourth-order valence-corrected chi connectivity index (χ4v) is 2.72. The predicted octanol–water partition coefficient (Wildman–Crippen LogP) is 2.84. The minimum atomic E-state index is -0.382. The smallest absolute Gasteiger partial charge is 0.124 e. The van der Waals surface area contributed by atoms with E-state index in [4.69, 9.17) is 11.0 Å². The van der Waals surface area contributed by atoms with Gasteiger partial charge in [-0.05, 0) is 41.8 Å². The van der Waals surface area contributed by atoms with Crippen molar-refractivity contribution in [3.63, 3.8) is 0 Å². The van der Waals surface area contributed by atoms with Gasteiger partial charge in [0.25, 0.3) is 0 Å². The second kappa shape index (κ2) is 4.86. The van der Waals surface area contributed by atoms with Crippen LogP contribution in [0.1, 0.15) is 16.7 Å². The first-order chi connectivity index (χ1) is 9.69. The molecule has 0 amide bonds. The van der Waals surface area contributed by atoms with E-state index in [1.54, 1.807) is 6.07 Å². The largest absolute Gasteiger partial charge is 0.398 e. The maximum absolute atomic E-state index is 13.2. The maximum atomic E-state index is 13.2. The number of nitrogens with two attached hydrogens (primary N) is 1. The summed E-state index contributed by atoms with van der Waals surface area (Å²) in [4.78, 5) is 2.10. The van der Waals surface area contributed by atoms with Crippen LogP contribution in [0.5, 0.6) is 0 Å².